The minimum Gasteiger partial charge on any atom is -0.478 e. The van der Waals surface area contributed by atoms with Crippen molar-refractivity contribution in [2.45, 2.75) is 18.9 Å². The number of carboxylic acids is 1. The van der Waals surface area contributed by atoms with Crippen LogP contribution in [0.15, 0.2) is 65.3 Å². The van der Waals surface area contributed by atoms with Crippen LogP contribution in [0.2, 0.25) is 0 Å². The topological polar surface area (TPSA) is 66.6 Å². The number of likely N-dealkylation sites (tertiary alicyclic amines) is 1. The molecular weight excluding hydrogens is 328 g/mol. The molecule has 0 unspecified atom stereocenters. The van der Waals surface area contributed by atoms with Crippen molar-refractivity contribution in [1.29, 1.82) is 0 Å². The third-order valence-electron chi connectivity index (χ3n) is 4.86. The molecule has 5 nitrogen and oxygen atoms in total. The number of aromatic carboxylic acids is 1. The maximum atomic E-state index is 11.5. The minimum absolute atomic E-state index is 0.239. The highest BCUT2D eigenvalue weighted by molar-refractivity contribution is 5.89. The van der Waals surface area contributed by atoms with Gasteiger partial charge in [0, 0.05) is 18.7 Å². The number of oxazole rings is 1. The Morgan fingerprint density at radius 3 is 2.73 bits per heavy atom. The van der Waals surface area contributed by atoms with E-state index < -0.39 is 5.97 Å². The summed E-state index contributed by atoms with van der Waals surface area (Å²) >= 11 is 0. The molecule has 4 rings (SSSR count). The fraction of sp³-hybridized carbons (Fsp3) is 0.238. The van der Waals surface area contributed by atoms with Crippen molar-refractivity contribution >= 4 is 5.97 Å². The van der Waals surface area contributed by atoms with Crippen molar-refractivity contribution in [2.75, 3.05) is 13.1 Å². The normalized spacial score (nSPS) is 17.5. The minimum atomic E-state index is -0.858. The van der Waals surface area contributed by atoms with Gasteiger partial charge in [0.1, 0.15) is 6.26 Å². The van der Waals surface area contributed by atoms with E-state index in [0.29, 0.717) is 18.0 Å². The lowest BCUT2D eigenvalue weighted by Gasteiger charge is -2.16. The fourth-order valence-electron chi connectivity index (χ4n) is 3.60. The second-order valence-electron chi connectivity index (χ2n) is 6.62. The summed E-state index contributed by atoms with van der Waals surface area (Å²) in [7, 11) is 0. The van der Waals surface area contributed by atoms with Crippen molar-refractivity contribution < 1.29 is 14.3 Å². The maximum Gasteiger partial charge on any atom is 0.335 e. The Kier molecular flexibility index (Phi) is 4.54. The van der Waals surface area contributed by atoms with Crippen LogP contribution in [-0.2, 0) is 6.54 Å². The van der Waals surface area contributed by atoms with Crippen LogP contribution >= 0.6 is 0 Å². The molecule has 0 spiro atoms. The van der Waals surface area contributed by atoms with Crippen molar-refractivity contribution in [3.05, 3.63) is 77.7 Å². The van der Waals surface area contributed by atoms with Crippen LogP contribution in [0.25, 0.3) is 11.5 Å². The van der Waals surface area contributed by atoms with E-state index in [2.05, 4.69) is 9.88 Å². The highest BCUT2D eigenvalue weighted by Gasteiger charge is 2.27. The van der Waals surface area contributed by atoms with Gasteiger partial charge in [-0.2, -0.15) is 0 Å². The van der Waals surface area contributed by atoms with Gasteiger partial charge >= 0.3 is 5.97 Å². The quantitative estimate of drug-likeness (QED) is 0.754. The van der Waals surface area contributed by atoms with Gasteiger partial charge in [0.15, 0.2) is 0 Å². The Labute approximate surface area is 151 Å². The summed E-state index contributed by atoms with van der Waals surface area (Å²) < 4.78 is 5.61. The molecule has 1 aliphatic heterocycles. The van der Waals surface area contributed by atoms with E-state index in [1.807, 2.05) is 42.5 Å². The van der Waals surface area contributed by atoms with Gasteiger partial charge in [0.05, 0.1) is 11.3 Å². The highest BCUT2D eigenvalue weighted by atomic mass is 16.4. The van der Waals surface area contributed by atoms with Crippen molar-refractivity contribution in [3.63, 3.8) is 0 Å². The van der Waals surface area contributed by atoms with Gasteiger partial charge in [-0.25, -0.2) is 9.78 Å². The molecule has 0 bridgehead atoms. The van der Waals surface area contributed by atoms with Crippen LogP contribution < -0.4 is 0 Å². The van der Waals surface area contributed by atoms with Crippen LogP contribution in [-0.4, -0.2) is 34.0 Å². The van der Waals surface area contributed by atoms with E-state index in [-0.39, 0.29) is 5.92 Å². The van der Waals surface area contributed by atoms with Gasteiger partial charge in [0.2, 0.25) is 5.89 Å². The molecule has 1 aromatic heterocycles. The molecule has 5 heteroatoms. The average molecular weight is 348 g/mol. The first-order valence-corrected chi connectivity index (χ1v) is 8.75. The summed E-state index contributed by atoms with van der Waals surface area (Å²) in [5, 5.41) is 9.40. The Balaban J connectivity index is 1.44. The summed E-state index contributed by atoms with van der Waals surface area (Å²) in [4.78, 5) is 18.3. The van der Waals surface area contributed by atoms with Crippen molar-refractivity contribution in [2.24, 2.45) is 0 Å². The van der Waals surface area contributed by atoms with Crippen molar-refractivity contribution in [3.8, 4) is 11.5 Å². The molecule has 1 saturated heterocycles. The summed E-state index contributed by atoms with van der Waals surface area (Å²) in [6.07, 6.45) is 2.66. The van der Waals surface area contributed by atoms with Crippen LogP contribution in [0, 0.1) is 0 Å². The number of nitrogens with zero attached hydrogens (tertiary/aromatic N) is 2. The van der Waals surface area contributed by atoms with Gasteiger partial charge in [-0.1, -0.05) is 36.4 Å². The van der Waals surface area contributed by atoms with E-state index in [1.54, 1.807) is 18.4 Å². The molecule has 0 radical (unpaired) electrons. The summed E-state index contributed by atoms with van der Waals surface area (Å²) in [5.74, 6) is 0.0124. The van der Waals surface area contributed by atoms with Crippen LogP contribution in [0.4, 0.5) is 0 Å². The lowest BCUT2D eigenvalue weighted by molar-refractivity contribution is 0.0695. The van der Waals surface area contributed by atoms with E-state index >= 15 is 0 Å². The molecule has 1 fully saturated rings. The Bertz CT molecular complexity index is 904. The first-order chi connectivity index (χ1) is 12.7. The van der Waals surface area contributed by atoms with E-state index in [9.17, 15) is 9.90 Å². The second-order valence-corrected chi connectivity index (χ2v) is 6.62. The lowest BCUT2D eigenvalue weighted by Crippen LogP contribution is -2.20. The van der Waals surface area contributed by atoms with E-state index in [0.717, 1.165) is 36.3 Å². The van der Waals surface area contributed by atoms with Crippen LogP contribution in [0.1, 0.15) is 34.0 Å². The molecule has 0 aliphatic carbocycles. The molecular formula is C21H20N2O3. The highest BCUT2D eigenvalue weighted by Crippen LogP contribution is 2.30. The van der Waals surface area contributed by atoms with Gasteiger partial charge in [-0.05, 0) is 42.6 Å². The van der Waals surface area contributed by atoms with Gasteiger partial charge in [-0.15, -0.1) is 0 Å². The average Bonchev–Trinajstić information content (AvgIpc) is 3.32. The maximum absolute atomic E-state index is 11.5. The van der Waals surface area contributed by atoms with E-state index in [4.69, 9.17) is 4.42 Å². The molecule has 0 amide bonds. The first kappa shape index (κ1) is 16.5. The lowest BCUT2D eigenvalue weighted by atomic mass is 9.93. The third kappa shape index (κ3) is 3.39. The van der Waals surface area contributed by atoms with Crippen molar-refractivity contribution in [1.82, 2.24) is 9.88 Å². The van der Waals surface area contributed by atoms with Gasteiger partial charge in [-0.3, -0.25) is 4.90 Å². The molecule has 0 saturated carbocycles. The Morgan fingerprint density at radius 1 is 1.15 bits per heavy atom. The number of hydrogen-bond donors (Lipinski definition) is 1. The Hall–Kier alpha value is -2.92. The molecule has 1 atom stereocenters. The third-order valence-corrected chi connectivity index (χ3v) is 4.86. The number of carbonyl (C=O) groups is 1. The number of aromatic nitrogens is 1. The zero-order chi connectivity index (χ0) is 17.9. The molecule has 1 aliphatic rings. The fourth-order valence-corrected chi connectivity index (χ4v) is 3.60. The number of benzene rings is 2. The summed E-state index contributed by atoms with van der Waals surface area (Å²) in [6.45, 7) is 2.46. The molecule has 3 aromatic rings. The number of carboxylic acid groups (broad SMARTS) is 1. The monoisotopic (exact) mass is 348 g/mol. The second kappa shape index (κ2) is 7.14. The summed E-state index contributed by atoms with van der Waals surface area (Å²) in [5.41, 5.74) is 3.20. The van der Waals surface area contributed by atoms with Gasteiger partial charge in [0.25, 0.3) is 0 Å². The molecule has 2 heterocycles. The molecule has 1 N–H and O–H groups in total. The van der Waals surface area contributed by atoms with Gasteiger partial charge < -0.3 is 9.52 Å². The smallest absolute Gasteiger partial charge is 0.335 e. The predicted molar refractivity (Wildman–Crippen MR) is 98.0 cm³/mol. The summed E-state index contributed by atoms with van der Waals surface area (Å²) in [6, 6.07) is 17.1. The molecule has 132 valence electrons. The number of hydrogen-bond acceptors (Lipinski definition) is 4. The predicted octanol–water partition coefficient (Wildman–Crippen LogP) is 4.03. The largest absolute Gasteiger partial charge is 0.478 e. The first-order valence-electron chi connectivity index (χ1n) is 8.75. The standard InChI is InChI=1S/C21H20N2O3/c24-21(25)19-9-5-4-8-18(19)16-10-11-23(12-16)13-17-14-26-20(22-17)15-6-2-1-3-7-15/h1-9,14,16H,10-13H2,(H,24,25)/t16-/m0/s1. The zero-order valence-corrected chi connectivity index (χ0v) is 14.3. The SMILES string of the molecule is O=C(O)c1ccccc1[C@H]1CCN(Cc2coc(-c3ccccc3)n2)C1. The van der Waals surface area contributed by atoms with E-state index in [1.165, 1.54) is 0 Å². The Morgan fingerprint density at radius 2 is 1.92 bits per heavy atom. The van der Waals surface area contributed by atoms with Crippen LogP contribution in [0.3, 0.4) is 0 Å². The molecule has 26 heavy (non-hydrogen) atoms. The molecule has 2 aromatic carbocycles. The van der Waals surface area contributed by atoms with Crippen LogP contribution in [0.5, 0.6) is 0 Å². The number of rotatable bonds is 5. The zero-order valence-electron chi connectivity index (χ0n) is 14.3.